The van der Waals surface area contributed by atoms with Crippen molar-refractivity contribution in [3.8, 4) is 0 Å². The minimum atomic E-state index is -0.396. The van der Waals surface area contributed by atoms with Gasteiger partial charge >= 0.3 is 5.97 Å². The maximum atomic E-state index is 12.6. The molecule has 2 aromatic carbocycles. The summed E-state index contributed by atoms with van der Waals surface area (Å²) in [6, 6.07) is 14.8. The highest BCUT2D eigenvalue weighted by Gasteiger charge is 2.35. The molecule has 2 aromatic rings. The summed E-state index contributed by atoms with van der Waals surface area (Å²) in [4.78, 5) is 38.0. The molecule has 1 saturated heterocycles. The van der Waals surface area contributed by atoms with Gasteiger partial charge in [0.2, 0.25) is 11.8 Å². The van der Waals surface area contributed by atoms with Gasteiger partial charge in [0.15, 0.2) is 0 Å². The van der Waals surface area contributed by atoms with Crippen LogP contribution in [0.2, 0.25) is 0 Å². The molecule has 0 spiro atoms. The maximum Gasteiger partial charge on any atom is 0.330 e. The van der Waals surface area contributed by atoms with Crippen molar-refractivity contribution in [1.29, 1.82) is 0 Å². The summed E-state index contributed by atoms with van der Waals surface area (Å²) < 4.78 is 4.84. The van der Waals surface area contributed by atoms with Gasteiger partial charge in [-0.1, -0.05) is 29.8 Å². The Morgan fingerprint density at radius 2 is 1.83 bits per heavy atom. The van der Waals surface area contributed by atoms with E-state index < -0.39 is 11.9 Å². The number of anilines is 2. The lowest BCUT2D eigenvalue weighted by molar-refractivity contribution is -0.137. The number of aryl methyl sites for hydroxylation is 1. The zero-order valence-electron chi connectivity index (χ0n) is 16.6. The third kappa shape index (κ3) is 5.31. The number of nitrogens with zero attached hydrogens (tertiary/aromatic N) is 1. The molecule has 3 rings (SSSR count). The van der Waals surface area contributed by atoms with Crippen LogP contribution in [0.4, 0.5) is 11.4 Å². The molecule has 1 fully saturated rings. The van der Waals surface area contributed by atoms with Crippen molar-refractivity contribution < 1.29 is 19.1 Å². The Morgan fingerprint density at radius 3 is 2.48 bits per heavy atom. The van der Waals surface area contributed by atoms with Crippen molar-refractivity contribution in [3.05, 3.63) is 65.7 Å². The van der Waals surface area contributed by atoms with Gasteiger partial charge in [-0.05, 0) is 49.8 Å². The van der Waals surface area contributed by atoms with Crippen LogP contribution >= 0.6 is 0 Å². The number of carbonyl (C=O) groups excluding carboxylic acids is 3. The van der Waals surface area contributed by atoms with Crippen molar-refractivity contribution in [1.82, 2.24) is 0 Å². The Bertz CT molecular complexity index is 917. The Morgan fingerprint density at radius 1 is 1.14 bits per heavy atom. The number of benzene rings is 2. The van der Waals surface area contributed by atoms with Crippen LogP contribution in [-0.2, 0) is 19.1 Å². The van der Waals surface area contributed by atoms with Gasteiger partial charge in [0, 0.05) is 30.4 Å². The Labute approximate surface area is 170 Å². The van der Waals surface area contributed by atoms with E-state index in [9.17, 15) is 14.4 Å². The van der Waals surface area contributed by atoms with E-state index in [0.29, 0.717) is 18.8 Å². The molecule has 2 amide bonds. The zero-order chi connectivity index (χ0) is 20.8. The number of hydrogen-bond acceptors (Lipinski definition) is 4. The van der Waals surface area contributed by atoms with Crippen LogP contribution in [0.1, 0.15) is 24.5 Å². The van der Waals surface area contributed by atoms with Gasteiger partial charge in [-0.15, -0.1) is 0 Å². The molecule has 0 bridgehead atoms. The lowest BCUT2D eigenvalue weighted by Gasteiger charge is -2.17. The van der Waals surface area contributed by atoms with E-state index in [2.05, 4.69) is 5.32 Å². The molecule has 150 valence electrons. The minimum absolute atomic E-state index is 0.0477. The molecular formula is C23H24N2O4. The van der Waals surface area contributed by atoms with Gasteiger partial charge in [0.05, 0.1) is 12.5 Å². The highest BCUT2D eigenvalue weighted by molar-refractivity contribution is 6.03. The SMILES string of the molecule is CCOC(=O)/C=C/c1ccc(NC(=O)[C@@H]2CC(=O)N(c3ccc(C)cc3)C2)cc1. The molecule has 29 heavy (non-hydrogen) atoms. The quantitative estimate of drug-likeness (QED) is 0.602. The second-order valence-corrected chi connectivity index (χ2v) is 6.94. The average Bonchev–Trinajstić information content (AvgIpc) is 3.10. The number of ether oxygens (including phenoxy) is 1. The van der Waals surface area contributed by atoms with E-state index in [1.54, 1.807) is 42.2 Å². The van der Waals surface area contributed by atoms with Gasteiger partial charge in [-0.3, -0.25) is 9.59 Å². The fourth-order valence-electron chi connectivity index (χ4n) is 3.13. The first kappa shape index (κ1) is 20.3. The molecule has 1 atom stereocenters. The summed E-state index contributed by atoms with van der Waals surface area (Å²) in [7, 11) is 0. The van der Waals surface area contributed by atoms with Crippen LogP contribution in [0.25, 0.3) is 6.08 Å². The van der Waals surface area contributed by atoms with Gasteiger partial charge in [0.1, 0.15) is 0 Å². The normalized spacial score (nSPS) is 16.3. The topological polar surface area (TPSA) is 75.7 Å². The van der Waals surface area contributed by atoms with Crippen LogP contribution in [-0.4, -0.2) is 30.9 Å². The third-order valence-corrected chi connectivity index (χ3v) is 4.72. The first-order chi connectivity index (χ1) is 14.0. The highest BCUT2D eigenvalue weighted by Crippen LogP contribution is 2.26. The molecular weight excluding hydrogens is 368 g/mol. The molecule has 0 radical (unpaired) electrons. The number of nitrogens with one attached hydrogen (secondary N) is 1. The molecule has 6 heteroatoms. The maximum absolute atomic E-state index is 12.6. The second-order valence-electron chi connectivity index (χ2n) is 6.94. The highest BCUT2D eigenvalue weighted by atomic mass is 16.5. The lowest BCUT2D eigenvalue weighted by Crippen LogP contribution is -2.28. The molecule has 1 heterocycles. The number of rotatable bonds is 6. The monoisotopic (exact) mass is 392 g/mol. The van der Waals surface area contributed by atoms with Crippen molar-refractivity contribution in [2.45, 2.75) is 20.3 Å². The van der Waals surface area contributed by atoms with Crippen molar-refractivity contribution in [2.24, 2.45) is 5.92 Å². The average molecular weight is 392 g/mol. The fourth-order valence-corrected chi connectivity index (χ4v) is 3.13. The first-order valence-electron chi connectivity index (χ1n) is 9.59. The summed E-state index contributed by atoms with van der Waals surface area (Å²) in [5, 5.41) is 2.86. The summed E-state index contributed by atoms with van der Waals surface area (Å²) in [6.07, 6.45) is 3.21. The Hall–Kier alpha value is -3.41. The van der Waals surface area contributed by atoms with Crippen molar-refractivity contribution >= 4 is 35.2 Å². The molecule has 0 unspecified atom stereocenters. The van der Waals surface area contributed by atoms with Gasteiger partial charge in [-0.2, -0.15) is 0 Å². The molecule has 1 aliphatic heterocycles. The standard InChI is InChI=1S/C23H24N2O4/c1-3-29-22(27)13-8-17-6-9-19(10-7-17)24-23(28)18-14-21(26)25(15-18)20-11-4-16(2)5-12-20/h4-13,18H,3,14-15H2,1-2H3,(H,24,28)/b13-8+/t18-/m1/s1. The van der Waals surface area contributed by atoms with Gasteiger partial charge < -0.3 is 15.0 Å². The predicted molar refractivity (Wildman–Crippen MR) is 112 cm³/mol. The molecule has 0 aliphatic carbocycles. The van der Waals surface area contributed by atoms with Gasteiger partial charge in [0.25, 0.3) is 0 Å². The summed E-state index contributed by atoms with van der Waals surface area (Å²) in [5.74, 6) is -1.02. The fraction of sp³-hybridized carbons (Fsp3) is 0.261. The second kappa shape index (κ2) is 9.19. The van der Waals surface area contributed by atoms with E-state index in [4.69, 9.17) is 4.74 Å². The predicted octanol–water partition coefficient (Wildman–Crippen LogP) is 3.56. The third-order valence-electron chi connectivity index (χ3n) is 4.72. The van der Waals surface area contributed by atoms with E-state index in [-0.39, 0.29) is 18.2 Å². The van der Waals surface area contributed by atoms with Crippen LogP contribution in [0, 0.1) is 12.8 Å². The summed E-state index contributed by atoms with van der Waals surface area (Å²) >= 11 is 0. The first-order valence-corrected chi connectivity index (χ1v) is 9.59. The Balaban J connectivity index is 1.58. The van der Waals surface area contributed by atoms with E-state index in [1.165, 1.54) is 6.08 Å². The summed E-state index contributed by atoms with van der Waals surface area (Å²) in [5.41, 5.74) is 3.39. The molecule has 0 aromatic heterocycles. The van der Waals surface area contributed by atoms with Crippen LogP contribution in [0.3, 0.4) is 0 Å². The number of amides is 2. The van der Waals surface area contributed by atoms with E-state index in [1.807, 2.05) is 31.2 Å². The Kier molecular flexibility index (Phi) is 6.44. The van der Waals surface area contributed by atoms with E-state index >= 15 is 0 Å². The summed E-state index contributed by atoms with van der Waals surface area (Å²) in [6.45, 7) is 4.44. The number of carbonyl (C=O) groups is 3. The molecule has 6 nitrogen and oxygen atoms in total. The van der Waals surface area contributed by atoms with Crippen LogP contribution < -0.4 is 10.2 Å². The lowest BCUT2D eigenvalue weighted by atomic mass is 10.1. The molecule has 0 saturated carbocycles. The molecule has 1 N–H and O–H groups in total. The zero-order valence-corrected chi connectivity index (χ0v) is 16.6. The number of esters is 1. The molecule has 1 aliphatic rings. The van der Waals surface area contributed by atoms with E-state index in [0.717, 1.165) is 16.8 Å². The van der Waals surface area contributed by atoms with Crippen molar-refractivity contribution in [2.75, 3.05) is 23.4 Å². The number of hydrogen-bond donors (Lipinski definition) is 1. The minimum Gasteiger partial charge on any atom is -0.463 e. The van der Waals surface area contributed by atoms with Gasteiger partial charge in [-0.25, -0.2) is 4.79 Å². The largest absolute Gasteiger partial charge is 0.463 e. The van der Waals surface area contributed by atoms with Crippen molar-refractivity contribution in [3.63, 3.8) is 0 Å². The van der Waals surface area contributed by atoms with Crippen LogP contribution in [0.5, 0.6) is 0 Å². The smallest absolute Gasteiger partial charge is 0.330 e. The van der Waals surface area contributed by atoms with Crippen LogP contribution in [0.15, 0.2) is 54.6 Å².